The Bertz CT molecular complexity index is 305. The van der Waals surface area contributed by atoms with Gasteiger partial charge >= 0.3 is 0 Å². The summed E-state index contributed by atoms with van der Waals surface area (Å²) in [5.74, 6) is 0.102. The van der Waals surface area contributed by atoms with Crippen molar-refractivity contribution in [3.63, 3.8) is 0 Å². The van der Waals surface area contributed by atoms with Gasteiger partial charge in [0.2, 0.25) is 5.91 Å². The van der Waals surface area contributed by atoms with Crippen molar-refractivity contribution in [2.75, 3.05) is 32.9 Å². The molecule has 0 spiro atoms. The minimum absolute atomic E-state index is 0.102. The third kappa shape index (κ3) is 2.53. The molecule has 3 atom stereocenters. The van der Waals surface area contributed by atoms with E-state index in [0.717, 1.165) is 19.4 Å². The first-order valence-electron chi connectivity index (χ1n) is 6.82. The average molecular weight is 256 g/mol. The molecular weight excluding hydrogens is 232 g/mol. The second kappa shape index (κ2) is 5.55. The zero-order valence-corrected chi connectivity index (χ0v) is 11.4. The van der Waals surface area contributed by atoms with Crippen LogP contribution in [0.3, 0.4) is 0 Å². The van der Waals surface area contributed by atoms with E-state index in [1.807, 2.05) is 18.7 Å². The molecule has 5 heteroatoms. The van der Waals surface area contributed by atoms with Crippen molar-refractivity contribution < 1.29 is 14.3 Å². The lowest BCUT2D eigenvalue weighted by atomic mass is 9.84. The number of carbonyl (C=O) groups excluding carboxylic acids is 1. The van der Waals surface area contributed by atoms with Crippen LogP contribution in [0.1, 0.15) is 26.7 Å². The molecule has 0 bridgehead atoms. The van der Waals surface area contributed by atoms with Gasteiger partial charge in [0.1, 0.15) is 0 Å². The third-order valence-corrected chi connectivity index (χ3v) is 4.12. The quantitative estimate of drug-likeness (QED) is 0.789. The summed E-state index contributed by atoms with van der Waals surface area (Å²) in [6.45, 7) is 6.99. The van der Waals surface area contributed by atoms with Crippen LogP contribution in [0.4, 0.5) is 0 Å². The zero-order valence-electron chi connectivity index (χ0n) is 11.4. The van der Waals surface area contributed by atoms with Crippen LogP contribution in [0.5, 0.6) is 0 Å². The van der Waals surface area contributed by atoms with Gasteiger partial charge in [-0.15, -0.1) is 0 Å². The van der Waals surface area contributed by atoms with Crippen molar-refractivity contribution in [3.8, 4) is 0 Å². The molecule has 2 aliphatic heterocycles. The number of carbonyl (C=O) groups is 1. The smallest absolute Gasteiger partial charge is 0.232 e. The van der Waals surface area contributed by atoms with Crippen molar-refractivity contribution in [1.82, 2.24) is 4.90 Å². The molecule has 2 rings (SSSR count). The van der Waals surface area contributed by atoms with Gasteiger partial charge in [-0.05, 0) is 26.7 Å². The van der Waals surface area contributed by atoms with Crippen LogP contribution in [-0.2, 0) is 14.3 Å². The van der Waals surface area contributed by atoms with Crippen LogP contribution >= 0.6 is 0 Å². The highest BCUT2D eigenvalue weighted by atomic mass is 16.5. The largest absolute Gasteiger partial charge is 0.379 e. The molecule has 18 heavy (non-hydrogen) atoms. The van der Waals surface area contributed by atoms with Gasteiger partial charge in [-0.3, -0.25) is 4.79 Å². The zero-order chi connectivity index (χ0) is 13.2. The molecule has 104 valence electrons. The lowest BCUT2D eigenvalue weighted by molar-refractivity contribution is -0.143. The van der Waals surface area contributed by atoms with Gasteiger partial charge < -0.3 is 20.1 Å². The Morgan fingerprint density at radius 1 is 1.56 bits per heavy atom. The topological polar surface area (TPSA) is 64.8 Å². The maximum Gasteiger partial charge on any atom is 0.232 e. The highest BCUT2D eigenvalue weighted by Crippen LogP contribution is 2.30. The second-order valence-corrected chi connectivity index (χ2v) is 5.52. The van der Waals surface area contributed by atoms with Crippen LogP contribution in [0.25, 0.3) is 0 Å². The molecule has 2 heterocycles. The number of hydrogen-bond donors (Lipinski definition) is 1. The first-order valence-corrected chi connectivity index (χ1v) is 6.82. The summed E-state index contributed by atoms with van der Waals surface area (Å²) in [7, 11) is 0. The predicted octanol–water partition coefficient (Wildman–Crippen LogP) is 0.378. The Hall–Kier alpha value is -0.650. The fourth-order valence-electron chi connectivity index (χ4n) is 2.66. The molecule has 2 saturated heterocycles. The van der Waals surface area contributed by atoms with Gasteiger partial charge in [0.25, 0.3) is 0 Å². The molecule has 3 unspecified atom stereocenters. The van der Waals surface area contributed by atoms with Crippen molar-refractivity contribution >= 4 is 5.91 Å². The minimum Gasteiger partial charge on any atom is -0.379 e. The Morgan fingerprint density at radius 2 is 2.33 bits per heavy atom. The highest BCUT2D eigenvalue weighted by molar-refractivity contribution is 5.83. The van der Waals surface area contributed by atoms with Crippen molar-refractivity contribution in [2.45, 2.75) is 38.8 Å². The number of rotatable bonds is 4. The average Bonchev–Trinajstić information content (AvgIpc) is 2.97. The molecule has 2 N–H and O–H groups in total. The van der Waals surface area contributed by atoms with Gasteiger partial charge in [0, 0.05) is 25.7 Å². The summed E-state index contributed by atoms with van der Waals surface area (Å²) in [5.41, 5.74) is 5.44. The molecular formula is C13H24N2O3. The molecule has 0 aliphatic carbocycles. The molecule has 1 amide bonds. The molecule has 0 aromatic rings. The maximum absolute atomic E-state index is 12.6. The van der Waals surface area contributed by atoms with E-state index >= 15 is 0 Å². The van der Waals surface area contributed by atoms with E-state index in [1.54, 1.807) is 0 Å². The number of amides is 1. The summed E-state index contributed by atoms with van der Waals surface area (Å²) >= 11 is 0. The molecule has 0 aromatic carbocycles. The van der Waals surface area contributed by atoms with Crippen LogP contribution in [0.15, 0.2) is 0 Å². The molecule has 0 radical (unpaired) electrons. The number of nitrogens with two attached hydrogens (primary N) is 1. The summed E-state index contributed by atoms with van der Waals surface area (Å²) in [6.07, 6.45) is 2.33. The third-order valence-electron chi connectivity index (χ3n) is 4.12. The van der Waals surface area contributed by atoms with Crippen LogP contribution in [0, 0.1) is 5.41 Å². The molecule has 5 nitrogen and oxygen atoms in total. The van der Waals surface area contributed by atoms with E-state index in [1.165, 1.54) is 0 Å². The van der Waals surface area contributed by atoms with Crippen LogP contribution < -0.4 is 5.73 Å². The second-order valence-electron chi connectivity index (χ2n) is 5.52. The van der Waals surface area contributed by atoms with E-state index in [9.17, 15) is 4.79 Å². The first kappa shape index (κ1) is 13.8. The van der Waals surface area contributed by atoms with Crippen molar-refractivity contribution in [1.29, 1.82) is 0 Å². The Morgan fingerprint density at radius 3 is 2.83 bits per heavy atom. The Labute approximate surface area is 109 Å². The monoisotopic (exact) mass is 256 g/mol. The normalized spacial score (nSPS) is 35.9. The molecule has 2 aliphatic rings. The van der Waals surface area contributed by atoms with Gasteiger partial charge in [0.05, 0.1) is 24.7 Å². The Kier molecular flexibility index (Phi) is 4.25. The van der Waals surface area contributed by atoms with Gasteiger partial charge in [0.15, 0.2) is 0 Å². The number of likely N-dealkylation sites (N-methyl/N-ethyl adjacent to an activating group) is 1. The van der Waals surface area contributed by atoms with Gasteiger partial charge in [-0.25, -0.2) is 0 Å². The minimum atomic E-state index is -0.575. The summed E-state index contributed by atoms with van der Waals surface area (Å²) < 4.78 is 11.0. The lowest BCUT2D eigenvalue weighted by Crippen LogP contribution is -2.52. The summed E-state index contributed by atoms with van der Waals surface area (Å²) in [5, 5.41) is 0. The van der Waals surface area contributed by atoms with Crippen molar-refractivity contribution in [3.05, 3.63) is 0 Å². The maximum atomic E-state index is 12.6. The predicted molar refractivity (Wildman–Crippen MR) is 68.1 cm³/mol. The standard InChI is InChI=1S/C13H24N2O3/c1-3-15(7-10-5-4-6-18-10)12(16)13(2)9-17-8-11(13)14/h10-11H,3-9,14H2,1-2H3. The van der Waals surface area contributed by atoms with Gasteiger partial charge in [-0.1, -0.05) is 0 Å². The summed E-state index contributed by atoms with van der Waals surface area (Å²) in [4.78, 5) is 14.5. The van der Waals surface area contributed by atoms with E-state index in [-0.39, 0.29) is 18.1 Å². The Balaban J connectivity index is 2.00. The van der Waals surface area contributed by atoms with Crippen molar-refractivity contribution in [2.24, 2.45) is 11.1 Å². The fourth-order valence-corrected chi connectivity index (χ4v) is 2.66. The fraction of sp³-hybridized carbons (Fsp3) is 0.923. The number of ether oxygens (including phenoxy) is 2. The lowest BCUT2D eigenvalue weighted by Gasteiger charge is -2.33. The molecule has 0 saturated carbocycles. The molecule has 0 aromatic heterocycles. The first-order chi connectivity index (χ1) is 8.58. The van der Waals surface area contributed by atoms with Crippen LogP contribution in [-0.4, -0.2) is 55.9 Å². The van der Waals surface area contributed by atoms with Crippen LogP contribution in [0.2, 0.25) is 0 Å². The number of hydrogen-bond acceptors (Lipinski definition) is 4. The number of nitrogens with zero attached hydrogens (tertiary/aromatic N) is 1. The highest BCUT2D eigenvalue weighted by Gasteiger charge is 2.46. The van der Waals surface area contributed by atoms with E-state index in [4.69, 9.17) is 15.2 Å². The van der Waals surface area contributed by atoms with E-state index in [2.05, 4.69) is 0 Å². The SMILES string of the molecule is CCN(CC1CCCO1)C(=O)C1(C)COCC1N. The van der Waals surface area contributed by atoms with E-state index in [0.29, 0.717) is 26.3 Å². The van der Waals surface area contributed by atoms with Gasteiger partial charge in [-0.2, -0.15) is 0 Å². The summed E-state index contributed by atoms with van der Waals surface area (Å²) in [6, 6.07) is -0.205. The van der Waals surface area contributed by atoms with E-state index < -0.39 is 5.41 Å². The molecule has 2 fully saturated rings.